The molecule has 0 aromatic heterocycles. The van der Waals surface area contributed by atoms with Gasteiger partial charge in [0.25, 0.3) is 0 Å². The summed E-state index contributed by atoms with van der Waals surface area (Å²) < 4.78 is 25.4. The van der Waals surface area contributed by atoms with Crippen molar-refractivity contribution in [2.24, 2.45) is 5.41 Å². The molecule has 2 heteroatoms. The van der Waals surface area contributed by atoms with Gasteiger partial charge in [0.05, 0.1) is 0 Å². The van der Waals surface area contributed by atoms with Crippen LogP contribution in [0.3, 0.4) is 0 Å². The van der Waals surface area contributed by atoms with Crippen LogP contribution in [0.15, 0.2) is 0 Å². The summed E-state index contributed by atoms with van der Waals surface area (Å²) in [7, 11) is 0. The van der Waals surface area contributed by atoms with Crippen molar-refractivity contribution < 1.29 is 8.78 Å². The molecule has 2 saturated carbocycles. The van der Waals surface area contributed by atoms with Crippen LogP contribution in [-0.2, 0) is 0 Å². The second kappa shape index (κ2) is 2.18. The zero-order valence-electron chi connectivity index (χ0n) is 6.71. The first-order valence-corrected chi connectivity index (χ1v) is 4.50. The number of hydrogen-bond acceptors (Lipinski definition) is 0. The summed E-state index contributed by atoms with van der Waals surface area (Å²) in [4.78, 5) is 0. The van der Waals surface area contributed by atoms with Crippen molar-refractivity contribution in [3.8, 4) is 0 Å². The Bertz CT molecular complexity index is 147. The highest BCUT2D eigenvalue weighted by atomic mass is 19.3. The maximum Gasteiger partial charge on any atom is 0.248 e. The van der Waals surface area contributed by atoms with Gasteiger partial charge in [-0.2, -0.15) is 0 Å². The van der Waals surface area contributed by atoms with E-state index in [-0.39, 0.29) is 12.8 Å². The third kappa shape index (κ3) is 1.27. The topological polar surface area (TPSA) is 0 Å². The van der Waals surface area contributed by atoms with Gasteiger partial charge in [0.2, 0.25) is 5.92 Å². The summed E-state index contributed by atoms with van der Waals surface area (Å²) >= 11 is 0. The Morgan fingerprint density at radius 1 is 0.727 bits per heavy atom. The molecular weight excluding hydrogens is 146 g/mol. The van der Waals surface area contributed by atoms with Gasteiger partial charge in [0.15, 0.2) is 0 Å². The number of halogens is 2. The maximum absolute atomic E-state index is 12.7. The van der Waals surface area contributed by atoms with E-state index in [2.05, 4.69) is 0 Å². The Balaban J connectivity index is 1.94. The molecule has 0 bridgehead atoms. The molecule has 0 radical (unpaired) electrons. The lowest BCUT2D eigenvalue weighted by Gasteiger charge is -2.46. The highest BCUT2D eigenvalue weighted by Crippen LogP contribution is 2.54. The zero-order chi connectivity index (χ0) is 7.95. The predicted molar refractivity (Wildman–Crippen MR) is 39.7 cm³/mol. The summed E-state index contributed by atoms with van der Waals surface area (Å²) in [5, 5.41) is 0. The van der Waals surface area contributed by atoms with E-state index in [0.29, 0.717) is 5.41 Å². The third-order valence-electron chi connectivity index (χ3n) is 3.46. The van der Waals surface area contributed by atoms with Crippen LogP contribution in [0.4, 0.5) is 8.78 Å². The van der Waals surface area contributed by atoms with E-state index in [1.807, 2.05) is 0 Å². The van der Waals surface area contributed by atoms with Gasteiger partial charge in [-0.3, -0.25) is 0 Å². The van der Waals surface area contributed by atoms with E-state index >= 15 is 0 Å². The quantitative estimate of drug-likeness (QED) is 0.509. The first-order chi connectivity index (χ1) is 5.12. The average molecular weight is 160 g/mol. The minimum Gasteiger partial charge on any atom is -0.207 e. The highest BCUT2D eigenvalue weighted by Gasteiger charge is 2.45. The van der Waals surface area contributed by atoms with E-state index in [4.69, 9.17) is 0 Å². The minimum absolute atomic E-state index is 0.146. The van der Waals surface area contributed by atoms with Crippen LogP contribution in [0.25, 0.3) is 0 Å². The van der Waals surface area contributed by atoms with E-state index in [9.17, 15) is 8.78 Å². The van der Waals surface area contributed by atoms with Gasteiger partial charge in [-0.25, -0.2) is 8.78 Å². The van der Waals surface area contributed by atoms with Crippen molar-refractivity contribution in [2.45, 2.75) is 50.9 Å². The second-order valence-electron chi connectivity index (χ2n) is 4.21. The van der Waals surface area contributed by atoms with Crippen LogP contribution in [0.2, 0.25) is 0 Å². The monoisotopic (exact) mass is 160 g/mol. The first kappa shape index (κ1) is 7.51. The van der Waals surface area contributed by atoms with Crippen LogP contribution in [0, 0.1) is 5.41 Å². The Hall–Kier alpha value is -0.140. The van der Waals surface area contributed by atoms with Crippen LogP contribution in [0.1, 0.15) is 44.9 Å². The van der Waals surface area contributed by atoms with Crippen molar-refractivity contribution in [1.82, 2.24) is 0 Å². The molecular formula is C9H14F2. The molecule has 0 unspecified atom stereocenters. The Kier molecular flexibility index (Phi) is 1.48. The third-order valence-corrected chi connectivity index (χ3v) is 3.46. The molecule has 0 aliphatic heterocycles. The normalized spacial score (nSPS) is 33.3. The molecule has 1 spiro atoms. The van der Waals surface area contributed by atoms with Crippen LogP contribution in [-0.4, -0.2) is 5.92 Å². The minimum atomic E-state index is -2.33. The molecule has 0 N–H and O–H groups in total. The molecule has 64 valence electrons. The van der Waals surface area contributed by atoms with E-state index in [1.54, 1.807) is 0 Å². The van der Waals surface area contributed by atoms with E-state index in [1.165, 1.54) is 19.3 Å². The molecule has 0 amide bonds. The molecule has 2 rings (SSSR count). The van der Waals surface area contributed by atoms with Crippen molar-refractivity contribution in [1.29, 1.82) is 0 Å². The first-order valence-electron chi connectivity index (χ1n) is 4.50. The van der Waals surface area contributed by atoms with E-state index < -0.39 is 5.92 Å². The van der Waals surface area contributed by atoms with Gasteiger partial charge in [-0.15, -0.1) is 0 Å². The lowest BCUT2D eigenvalue weighted by atomic mass is 9.60. The van der Waals surface area contributed by atoms with Gasteiger partial charge in [-0.05, 0) is 31.1 Å². The van der Waals surface area contributed by atoms with Crippen LogP contribution in [0.5, 0.6) is 0 Å². The number of alkyl halides is 2. The van der Waals surface area contributed by atoms with Crippen molar-refractivity contribution >= 4 is 0 Å². The molecule has 11 heavy (non-hydrogen) atoms. The van der Waals surface area contributed by atoms with E-state index in [0.717, 1.165) is 12.8 Å². The van der Waals surface area contributed by atoms with Gasteiger partial charge in [-0.1, -0.05) is 6.42 Å². The average Bonchev–Trinajstić information content (AvgIpc) is 1.84. The molecule has 0 heterocycles. The predicted octanol–water partition coefficient (Wildman–Crippen LogP) is 3.37. The molecule has 2 aliphatic carbocycles. The lowest BCUT2D eigenvalue weighted by Crippen LogP contribution is -2.37. The summed E-state index contributed by atoms with van der Waals surface area (Å²) in [5.74, 6) is -2.33. The summed E-state index contributed by atoms with van der Waals surface area (Å²) in [5.41, 5.74) is 0.377. The Morgan fingerprint density at radius 3 is 1.64 bits per heavy atom. The Morgan fingerprint density at radius 2 is 1.27 bits per heavy atom. The Labute approximate surface area is 66.0 Å². The van der Waals surface area contributed by atoms with Gasteiger partial charge in [0.1, 0.15) is 0 Å². The fraction of sp³-hybridized carbons (Fsp3) is 1.00. The molecule has 0 atom stereocenters. The maximum atomic E-state index is 12.7. The molecule has 0 aromatic carbocycles. The summed E-state index contributed by atoms with van der Waals surface area (Å²) in [6.07, 6.45) is 5.54. The van der Waals surface area contributed by atoms with Crippen molar-refractivity contribution in [3.05, 3.63) is 0 Å². The molecule has 2 aliphatic rings. The van der Waals surface area contributed by atoms with Crippen LogP contribution < -0.4 is 0 Å². The van der Waals surface area contributed by atoms with Gasteiger partial charge in [0, 0.05) is 12.8 Å². The lowest BCUT2D eigenvalue weighted by molar-refractivity contribution is -0.0862. The summed E-state index contributed by atoms with van der Waals surface area (Å²) in [6.45, 7) is 0. The van der Waals surface area contributed by atoms with Gasteiger partial charge < -0.3 is 0 Å². The fourth-order valence-corrected chi connectivity index (χ4v) is 2.32. The molecule has 0 aromatic rings. The molecule has 0 saturated heterocycles. The molecule has 0 nitrogen and oxygen atoms in total. The van der Waals surface area contributed by atoms with Crippen LogP contribution >= 0.6 is 0 Å². The van der Waals surface area contributed by atoms with Crippen molar-refractivity contribution in [3.63, 3.8) is 0 Å². The SMILES string of the molecule is FC1(F)CCC2(CCC2)CC1. The highest BCUT2D eigenvalue weighted by molar-refractivity contribution is 4.93. The zero-order valence-corrected chi connectivity index (χ0v) is 6.71. The largest absolute Gasteiger partial charge is 0.248 e. The standard InChI is InChI=1S/C9H14F2/c10-9(11)6-4-8(5-7-9)2-1-3-8/h1-7H2. The smallest absolute Gasteiger partial charge is 0.207 e. The molecule has 2 fully saturated rings. The van der Waals surface area contributed by atoms with Crippen molar-refractivity contribution in [2.75, 3.05) is 0 Å². The second-order valence-corrected chi connectivity index (χ2v) is 4.21. The summed E-state index contributed by atoms with van der Waals surface area (Å²) in [6, 6.07) is 0. The number of hydrogen-bond donors (Lipinski definition) is 0. The van der Waals surface area contributed by atoms with Gasteiger partial charge >= 0.3 is 0 Å². The fourth-order valence-electron chi connectivity index (χ4n) is 2.32. The number of rotatable bonds is 0.